The molecule has 2 saturated heterocycles. The first kappa shape index (κ1) is 24.7. The third-order valence-electron chi connectivity index (χ3n) is 8.04. The van der Waals surface area contributed by atoms with Crippen molar-refractivity contribution in [2.75, 3.05) is 26.2 Å². The van der Waals surface area contributed by atoms with Crippen LogP contribution in [0.15, 0.2) is 41.6 Å². The van der Waals surface area contributed by atoms with Gasteiger partial charge in [0.2, 0.25) is 5.91 Å². The molecule has 11 heteroatoms. The number of carbonyl (C=O) groups excluding carboxylic acids is 2. The first-order valence-corrected chi connectivity index (χ1v) is 13.3. The van der Waals surface area contributed by atoms with Crippen LogP contribution in [0.3, 0.4) is 0 Å². The van der Waals surface area contributed by atoms with Crippen molar-refractivity contribution < 1.29 is 19.8 Å². The monoisotopic (exact) mass is 520 g/mol. The molecule has 11 nitrogen and oxygen atoms in total. The molecule has 1 saturated carbocycles. The Bertz CT molecular complexity index is 1430. The van der Waals surface area contributed by atoms with Gasteiger partial charge in [-0.2, -0.15) is 5.10 Å². The fraction of sp³-hybridized carbons (Fsp3) is 0.519. The molecule has 200 valence electrons. The summed E-state index contributed by atoms with van der Waals surface area (Å²) in [5, 5.41) is 25.6. The smallest absolute Gasteiger partial charge is 0.264 e. The minimum Gasteiger partial charge on any atom is -0.393 e. The van der Waals surface area contributed by atoms with Crippen molar-refractivity contribution in [1.82, 2.24) is 29.1 Å². The molecule has 6 rings (SSSR count). The zero-order valence-electron chi connectivity index (χ0n) is 21.2. The topological polar surface area (TPSA) is 134 Å². The van der Waals surface area contributed by atoms with E-state index in [2.05, 4.69) is 10.1 Å². The Morgan fingerprint density at radius 2 is 1.76 bits per heavy atom. The van der Waals surface area contributed by atoms with E-state index in [1.54, 1.807) is 29.2 Å². The number of hydrogen-bond acceptors (Lipinski definition) is 7. The molecule has 3 aromatic rings. The normalized spacial score (nSPS) is 20.2. The fourth-order valence-electron chi connectivity index (χ4n) is 5.48. The summed E-state index contributed by atoms with van der Waals surface area (Å²) in [5.41, 5.74) is 0.0943. The molecule has 1 aliphatic carbocycles. The summed E-state index contributed by atoms with van der Waals surface area (Å²) in [7, 11) is 0. The summed E-state index contributed by atoms with van der Waals surface area (Å²) in [4.78, 5) is 46.7. The summed E-state index contributed by atoms with van der Waals surface area (Å²) in [6, 6.07) is 7.04. The highest BCUT2D eigenvalue weighted by atomic mass is 16.3. The maximum absolute atomic E-state index is 13.3. The number of carbonyl (C=O) groups is 2. The predicted octanol–water partition coefficient (Wildman–Crippen LogP) is 0.943. The van der Waals surface area contributed by atoms with Crippen molar-refractivity contribution in [3.05, 3.63) is 52.7 Å². The van der Waals surface area contributed by atoms with Gasteiger partial charge in [-0.05, 0) is 56.7 Å². The number of aliphatic hydroxyl groups excluding tert-OH is 1. The van der Waals surface area contributed by atoms with Crippen molar-refractivity contribution in [2.24, 2.45) is 5.92 Å². The quantitative estimate of drug-likeness (QED) is 0.512. The van der Waals surface area contributed by atoms with Crippen LogP contribution in [0.4, 0.5) is 0 Å². The molecule has 2 aromatic heterocycles. The van der Waals surface area contributed by atoms with Crippen LogP contribution < -0.4 is 5.56 Å². The summed E-state index contributed by atoms with van der Waals surface area (Å²) in [6.07, 6.45) is 6.39. The van der Waals surface area contributed by atoms with E-state index >= 15 is 0 Å². The largest absolute Gasteiger partial charge is 0.393 e. The number of amides is 2. The number of benzene rings is 1. The lowest BCUT2D eigenvalue weighted by molar-refractivity contribution is -0.137. The molecule has 0 atom stereocenters. The standard InChI is InChI=1S/C27H32N6O5/c34-21-6-10-30(11-7-21)25(36)19-2-1-3-20(14-19)33-23-22(15-29-33)26(37)32(17-28-23)16-27(38)8-12-31(13-9-27)24(35)18-4-5-18/h1-3,14-15,17-18,21,34,38H,4-13,16H2. The highest BCUT2D eigenvalue weighted by molar-refractivity contribution is 5.95. The van der Waals surface area contributed by atoms with E-state index in [0.29, 0.717) is 74.1 Å². The van der Waals surface area contributed by atoms with Crippen LogP contribution in [0, 0.1) is 5.92 Å². The number of fused-ring (bicyclic) bond motifs is 1. The van der Waals surface area contributed by atoms with Crippen LogP contribution in [0.1, 0.15) is 48.9 Å². The molecule has 2 aliphatic heterocycles. The zero-order valence-corrected chi connectivity index (χ0v) is 21.2. The molecule has 2 amide bonds. The molecular weight excluding hydrogens is 488 g/mol. The zero-order chi connectivity index (χ0) is 26.4. The molecule has 3 fully saturated rings. The lowest BCUT2D eigenvalue weighted by Gasteiger charge is -2.38. The number of nitrogens with zero attached hydrogens (tertiary/aromatic N) is 6. The van der Waals surface area contributed by atoms with Gasteiger partial charge in [-0.1, -0.05) is 6.07 Å². The second-order valence-corrected chi connectivity index (χ2v) is 10.9. The fourth-order valence-corrected chi connectivity index (χ4v) is 5.48. The van der Waals surface area contributed by atoms with Gasteiger partial charge in [-0.25, -0.2) is 9.67 Å². The van der Waals surface area contributed by atoms with Gasteiger partial charge in [0, 0.05) is 37.7 Å². The summed E-state index contributed by atoms with van der Waals surface area (Å²) in [6.45, 7) is 2.09. The van der Waals surface area contributed by atoms with E-state index in [9.17, 15) is 24.6 Å². The van der Waals surface area contributed by atoms with Gasteiger partial charge in [0.15, 0.2) is 5.65 Å². The first-order chi connectivity index (χ1) is 18.3. The number of aliphatic hydroxyl groups is 2. The summed E-state index contributed by atoms with van der Waals surface area (Å²) in [5.74, 6) is 0.230. The Kier molecular flexibility index (Phi) is 6.27. The van der Waals surface area contributed by atoms with Crippen molar-refractivity contribution in [1.29, 1.82) is 0 Å². The molecule has 2 N–H and O–H groups in total. The molecule has 1 aromatic carbocycles. The lowest BCUT2D eigenvalue weighted by atomic mass is 9.91. The van der Waals surface area contributed by atoms with Gasteiger partial charge in [0.25, 0.3) is 11.5 Å². The maximum Gasteiger partial charge on any atom is 0.264 e. The van der Waals surface area contributed by atoms with E-state index in [1.165, 1.54) is 21.8 Å². The Morgan fingerprint density at radius 1 is 1.03 bits per heavy atom. The Hall–Kier alpha value is -3.57. The molecule has 0 unspecified atom stereocenters. The Morgan fingerprint density at radius 3 is 2.47 bits per heavy atom. The minimum atomic E-state index is -1.09. The highest BCUT2D eigenvalue weighted by Crippen LogP contribution is 2.33. The van der Waals surface area contributed by atoms with Crippen molar-refractivity contribution in [3.8, 4) is 5.69 Å². The summed E-state index contributed by atoms with van der Waals surface area (Å²) < 4.78 is 2.95. The van der Waals surface area contributed by atoms with Gasteiger partial charge in [-0.3, -0.25) is 19.0 Å². The Labute approximate surface area is 219 Å². The van der Waals surface area contributed by atoms with Gasteiger partial charge in [0.1, 0.15) is 11.7 Å². The predicted molar refractivity (Wildman–Crippen MR) is 138 cm³/mol. The highest BCUT2D eigenvalue weighted by Gasteiger charge is 2.39. The average Bonchev–Trinajstić information content (AvgIpc) is 3.69. The number of aromatic nitrogens is 4. The molecule has 0 spiro atoms. The second kappa shape index (κ2) is 9.63. The lowest BCUT2D eigenvalue weighted by Crippen LogP contribution is -2.50. The Balaban J connectivity index is 1.20. The van der Waals surface area contributed by atoms with Crippen molar-refractivity contribution in [3.63, 3.8) is 0 Å². The maximum atomic E-state index is 13.3. The molecular formula is C27H32N6O5. The third kappa shape index (κ3) is 4.71. The number of piperidine rings is 2. The van der Waals surface area contributed by atoms with Crippen LogP contribution in [0.5, 0.6) is 0 Å². The van der Waals surface area contributed by atoms with Crippen molar-refractivity contribution in [2.45, 2.75) is 56.8 Å². The third-order valence-corrected chi connectivity index (χ3v) is 8.04. The van der Waals surface area contributed by atoms with E-state index in [0.717, 1.165) is 12.8 Å². The van der Waals surface area contributed by atoms with Crippen LogP contribution in [0.2, 0.25) is 0 Å². The average molecular weight is 521 g/mol. The molecule has 38 heavy (non-hydrogen) atoms. The summed E-state index contributed by atoms with van der Waals surface area (Å²) >= 11 is 0. The number of likely N-dealkylation sites (tertiary alicyclic amines) is 2. The van der Waals surface area contributed by atoms with E-state index < -0.39 is 5.60 Å². The molecule has 0 radical (unpaired) electrons. The number of hydrogen-bond donors (Lipinski definition) is 2. The SMILES string of the molecule is O=C(c1cccc(-n2ncc3c(=O)n(CC4(O)CCN(C(=O)C5CC5)CC4)cnc32)c1)N1CCC(O)CC1. The molecule has 0 bridgehead atoms. The van der Waals surface area contributed by atoms with Crippen LogP contribution in [-0.4, -0.2) is 89.0 Å². The van der Waals surface area contributed by atoms with Gasteiger partial charge < -0.3 is 20.0 Å². The van der Waals surface area contributed by atoms with Crippen LogP contribution >= 0.6 is 0 Å². The van der Waals surface area contributed by atoms with E-state index in [4.69, 9.17) is 0 Å². The van der Waals surface area contributed by atoms with Crippen LogP contribution in [0.25, 0.3) is 16.7 Å². The molecule has 3 aliphatic rings. The first-order valence-electron chi connectivity index (χ1n) is 13.3. The van der Waals surface area contributed by atoms with E-state index in [1.807, 2.05) is 4.90 Å². The minimum absolute atomic E-state index is 0.0972. The van der Waals surface area contributed by atoms with E-state index in [-0.39, 0.29) is 35.9 Å². The van der Waals surface area contributed by atoms with Gasteiger partial charge >= 0.3 is 0 Å². The van der Waals surface area contributed by atoms with Crippen molar-refractivity contribution >= 4 is 22.8 Å². The van der Waals surface area contributed by atoms with Gasteiger partial charge in [-0.15, -0.1) is 0 Å². The van der Waals surface area contributed by atoms with Gasteiger partial charge in [0.05, 0.1) is 30.1 Å². The number of rotatable bonds is 5. The molecule has 4 heterocycles. The second-order valence-electron chi connectivity index (χ2n) is 10.9. The van der Waals surface area contributed by atoms with Crippen LogP contribution in [-0.2, 0) is 11.3 Å².